The Balaban J connectivity index is 1.74. The Kier molecular flexibility index (Phi) is 3.09. The van der Waals surface area contributed by atoms with Crippen molar-refractivity contribution in [2.75, 3.05) is 0 Å². The molecule has 80 valence electrons. The van der Waals surface area contributed by atoms with Crippen LogP contribution in [0.5, 0.6) is 0 Å². The third kappa shape index (κ3) is 2.49. The Hall–Kier alpha value is -0.530. The van der Waals surface area contributed by atoms with E-state index in [9.17, 15) is 4.79 Å². The Bertz CT molecular complexity index is 204. The van der Waals surface area contributed by atoms with Crippen LogP contribution in [0.15, 0.2) is 0 Å². The van der Waals surface area contributed by atoms with Crippen LogP contribution in [-0.4, -0.2) is 11.9 Å². The molecule has 0 spiro atoms. The predicted octanol–water partition coefficient (Wildman–Crippen LogP) is 2.48. The summed E-state index contributed by atoms with van der Waals surface area (Å²) in [5.74, 6) is 1.26. The van der Waals surface area contributed by atoms with Crippen LogP contribution in [0.3, 0.4) is 0 Å². The van der Waals surface area contributed by atoms with Gasteiger partial charge in [0.05, 0.1) is 0 Å². The second kappa shape index (κ2) is 4.33. The zero-order chi connectivity index (χ0) is 9.97. The quantitative estimate of drug-likeness (QED) is 0.736. The average Bonchev–Trinajstić information content (AvgIpc) is 3.01. The van der Waals surface area contributed by atoms with Gasteiger partial charge in [-0.1, -0.05) is 26.2 Å². The third-order valence-corrected chi connectivity index (χ3v) is 3.69. The van der Waals surface area contributed by atoms with Crippen molar-refractivity contribution < 1.29 is 4.79 Å². The molecule has 2 heteroatoms. The van der Waals surface area contributed by atoms with Gasteiger partial charge in [-0.25, -0.2) is 0 Å². The highest BCUT2D eigenvalue weighted by Gasteiger charge is 2.33. The standard InChI is InChI=1S/C12H21NO/c1-9(10-7-8-10)12(14)13-11-5-3-2-4-6-11/h9-11H,2-8H2,1H3,(H,13,14). The predicted molar refractivity (Wildman–Crippen MR) is 56.9 cm³/mol. The molecule has 2 fully saturated rings. The Morgan fingerprint density at radius 3 is 2.36 bits per heavy atom. The van der Waals surface area contributed by atoms with Crippen molar-refractivity contribution in [1.29, 1.82) is 0 Å². The molecule has 2 rings (SSSR count). The van der Waals surface area contributed by atoms with Crippen molar-refractivity contribution in [2.24, 2.45) is 11.8 Å². The van der Waals surface area contributed by atoms with Gasteiger partial charge in [-0.15, -0.1) is 0 Å². The number of hydrogen-bond acceptors (Lipinski definition) is 1. The molecular formula is C12H21NO. The lowest BCUT2D eigenvalue weighted by atomic mass is 9.94. The van der Waals surface area contributed by atoms with E-state index in [-0.39, 0.29) is 5.92 Å². The summed E-state index contributed by atoms with van der Waals surface area (Å²) >= 11 is 0. The van der Waals surface area contributed by atoms with Crippen molar-refractivity contribution in [3.63, 3.8) is 0 Å². The maximum Gasteiger partial charge on any atom is 0.223 e. The highest BCUT2D eigenvalue weighted by atomic mass is 16.1. The second-order valence-corrected chi connectivity index (χ2v) is 4.97. The van der Waals surface area contributed by atoms with Gasteiger partial charge < -0.3 is 5.32 Å². The number of nitrogens with one attached hydrogen (secondary N) is 1. The molecule has 14 heavy (non-hydrogen) atoms. The van der Waals surface area contributed by atoms with Crippen molar-refractivity contribution in [3.8, 4) is 0 Å². The van der Waals surface area contributed by atoms with Crippen LogP contribution < -0.4 is 5.32 Å². The van der Waals surface area contributed by atoms with Crippen LogP contribution >= 0.6 is 0 Å². The summed E-state index contributed by atoms with van der Waals surface area (Å²) in [5, 5.41) is 3.20. The summed E-state index contributed by atoms with van der Waals surface area (Å²) in [6.45, 7) is 2.08. The van der Waals surface area contributed by atoms with E-state index in [0.717, 1.165) is 0 Å². The smallest absolute Gasteiger partial charge is 0.223 e. The first-order valence-corrected chi connectivity index (χ1v) is 6.08. The van der Waals surface area contributed by atoms with Gasteiger partial charge >= 0.3 is 0 Å². The van der Waals surface area contributed by atoms with Gasteiger partial charge in [0, 0.05) is 12.0 Å². The molecule has 2 saturated carbocycles. The molecule has 1 unspecified atom stereocenters. The van der Waals surface area contributed by atoms with Crippen molar-refractivity contribution in [3.05, 3.63) is 0 Å². The minimum Gasteiger partial charge on any atom is -0.353 e. The first-order chi connectivity index (χ1) is 6.77. The fraction of sp³-hybridized carbons (Fsp3) is 0.917. The largest absolute Gasteiger partial charge is 0.353 e. The molecule has 2 aliphatic carbocycles. The first kappa shape index (κ1) is 10.0. The topological polar surface area (TPSA) is 29.1 Å². The summed E-state index contributed by atoms with van der Waals surface area (Å²) in [7, 11) is 0. The summed E-state index contributed by atoms with van der Waals surface area (Å²) in [4.78, 5) is 11.8. The third-order valence-electron chi connectivity index (χ3n) is 3.69. The van der Waals surface area contributed by atoms with E-state index < -0.39 is 0 Å². The SMILES string of the molecule is CC(C(=O)NC1CCCCC1)C1CC1. The Morgan fingerprint density at radius 1 is 1.14 bits per heavy atom. The van der Waals surface area contributed by atoms with Gasteiger partial charge in [0.25, 0.3) is 0 Å². The zero-order valence-electron chi connectivity index (χ0n) is 9.09. The molecule has 2 aliphatic rings. The highest BCUT2D eigenvalue weighted by molar-refractivity contribution is 5.79. The maximum atomic E-state index is 11.8. The Morgan fingerprint density at radius 2 is 1.79 bits per heavy atom. The molecule has 1 N–H and O–H groups in total. The molecule has 1 amide bonds. The number of carbonyl (C=O) groups excluding carboxylic acids is 1. The van der Waals surface area contributed by atoms with Gasteiger partial charge in [-0.05, 0) is 31.6 Å². The van der Waals surface area contributed by atoms with Crippen molar-refractivity contribution in [2.45, 2.75) is 57.9 Å². The molecule has 0 aromatic rings. The molecule has 0 aromatic carbocycles. The zero-order valence-corrected chi connectivity index (χ0v) is 9.09. The van der Waals surface area contributed by atoms with Crippen LogP contribution in [0, 0.1) is 11.8 Å². The van der Waals surface area contributed by atoms with Crippen molar-refractivity contribution in [1.82, 2.24) is 5.32 Å². The van der Waals surface area contributed by atoms with Crippen LogP contribution in [0.25, 0.3) is 0 Å². The van der Waals surface area contributed by atoms with E-state index in [1.165, 1.54) is 44.9 Å². The van der Waals surface area contributed by atoms with E-state index in [1.807, 2.05) is 0 Å². The fourth-order valence-electron chi connectivity index (χ4n) is 2.39. The molecule has 0 heterocycles. The molecule has 0 saturated heterocycles. The molecule has 2 nitrogen and oxygen atoms in total. The first-order valence-electron chi connectivity index (χ1n) is 6.08. The van der Waals surface area contributed by atoms with Crippen LogP contribution in [0.1, 0.15) is 51.9 Å². The van der Waals surface area contributed by atoms with E-state index in [2.05, 4.69) is 12.2 Å². The Labute approximate surface area is 86.5 Å². The van der Waals surface area contributed by atoms with Gasteiger partial charge in [-0.3, -0.25) is 4.79 Å². The second-order valence-electron chi connectivity index (χ2n) is 4.97. The van der Waals surface area contributed by atoms with Gasteiger partial charge in [0.15, 0.2) is 0 Å². The summed E-state index contributed by atoms with van der Waals surface area (Å²) in [5.41, 5.74) is 0. The molecule has 0 aliphatic heterocycles. The summed E-state index contributed by atoms with van der Waals surface area (Å²) in [6.07, 6.45) is 8.86. The van der Waals surface area contributed by atoms with E-state index in [1.54, 1.807) is 0 Å². The fourth-order valence-corrected chi connectivity index (χ4v) is 2.39. The van der Waals surface area contributed by atoms with Crippen LogP contribution in [0.2, 0.25) is 0 Å². The maximum absolute atomic E-state index is 11.8. The molecule has 0 bridgehead atoms. The van der Waals surface area contributed by atoms with Gasteiger partial charge in [0.1, 0.15) is 0 Å². The molecule has 0 aromatic heterocycles. The van der Waals surface area contributed by atoms with Gasteiger partial charge in [-0.2, -0.15) is 0 Å². The van der Waals surface area contributed by atoms with E-state index >= 15 is 0 Å². The molecular weight excluding hydrogens is 174 g/mol. The van der Waals surface area contributed by atoms with Gasteiger partial charge in [0.2, 0.25) is 5.91 Å². The highest BCUT2D eigenvalue weighted by Crippen LogP contribution is 2.36. The number of hydrogen-bond donors (Lipinski definition) is 1. The van der Waals surface area contributed by atoms with Crippen LogP contribution in [-0.2, 0) is 4.79 Å². The lowest BCUT2D eigenvalue weighted by Crippen LogP contribution is -2.39. The number of carbonyl (C=O) groups is 1. The summed E-state index contributed by atoms with van der Waals surface area (Å²) < 4.78 is 0. The molecule has 0 radical (unpaired) electrons. The number of rotatable bonds is 3. The van der Waals surface area contributed by atoms with Crippen molar-refractivity contribution >= 4 is 5.91 Å². The minimum absolute atomic E-state index is 0.261. The number of amides is 1. The van der Waals surface area contributed by atoms with E-state index in [4.69, 9.17) is 0 Å². The summed E-state index contributed by atoms with van der Waals surface area (Å²) in [6, 6.07) is 0.484. The van der Waals surface area contributed by atoms with Crippen LogP contribution in [0.4, 0.5) is 0 Å². The van der Waals surface area contributed by atoms with E-state index in [0.29, 0.717) is 17.9 Å². The molecule has 1 atom stereocenters. The monoisotopic (exact) mass is 195 g/mol. The normalized spacial score (nSPS) is 25.8. The average molecular weight is 195 g/mol. The lowest BCUT2D eigenvalue weighted by Gasteiger charge is -2.24. The lowest BCUT2D eigenvalue weighted by molar-refractivity contribution is -0.126. The minimum atomic E-state index is 0.261.